The van der Waals surface area contributed by atoms with Crippen molar-refractivity contribution in [1.29, 1.82) is 0 Å². The van der Waals surface area contributed by atoms with Crippen molar-refractivity contribution in [3.8, 4) is 0 Å². The predicted molar refractivity (Wildman–Crippen MR) is 102 cm³/mol. The van der Waals surface area contributed by atoms with Gasteiger partial charge in [-0.15, -0.1) is 0 Å². The van der Waals surface area contributed by atoms with Crippen LogP contribution in [-0.4, -0.2) is 28.8 Å². The van der Waals surface area contributed by atoms with Gasteiger partial charge in [-0.3, -0.25) is 19.7 Å². The van der Waals surface area contributed by atoms with Crippen LogP contribution in [0.2, 0.25) is 5.02 Å². The first kappa shape index (κ1) is 19.6. The third-order valence-corrected chi connectivity index (χ3v) is 5.93. The molecule has 4 atom stereocenters. The van der Waals surface area contributed by atoms with E-state index in [1.165, 1.54) is 18.2 Å². The maximum absolute atomic E-state index is 12.6. The molecule has 1 saturated heterocycles. The molecule has 4 unspecified atom stereocenters. The van der Waals surface area contributed by atoms with Crippen LogP contribution < -0.4 is 10.6 Å². The summed E-state index contributed by atoms with van der Waals surface area (Å²) >= 11 is 5.91. The molecular weight excluding hydrogens is 370 g/mol. The highest BCUT2D eigenvalue weighted by Gasteiger charge is 2.40. The maximum atomic E-state index is 12.6. The molecule has 1 aliphatic carbocycles. The number of halogens is 1. The number of nitrogens with one attached hydrogen (secondary N) is 2. The monoisotopic (exact) mass is 393 g/mol. The second kappa shape index (κ2) is 8.25. The van der Waals surface area contributed by atoms with E-state index >= 15 is 0 Å². The van der Waals surface area contributed by atoms with Crippen molar-refractivity contribution >= 4 is 29.1 Å². The van der Waals surface area contributed by atoms with Gasteiger partial charge in [0.15, 0.2) is 0 Å². The number of rotatable bonds is 5. The molecule has 1 heterocycles. The Morgan fingerprint density at radius 1 is 1.41 bits per heavy atom. The van der Waals surface area contributed by atoms with Crippen LogP contribution in [0.1, 0.15) is 55.8 Å². The molecule has 1 aliphatic heterocycles. The molecule has 0 spiro atoms. The number of amides is 2. The van der Waals surface area contributed by atoms with Crippen molar-refractivity contribution in [3.63, 3.8) is 0 Å². The number of hydrogen-bond donors (Lipinski definition) is 2. The van der Waals surface area contributed by atoms with E-state index < -0.39 is 10.8 Å². The molecule has 0 bridgehead atoms. The van der Waals surface area contributed by atoms with Crippen molar-refractivity contribution in [2.24, 2.45) is 11.8 Å². The van der Waals surface area contributed by atoms with Gasteiger partial charge in [-0.25, -0.2) is 0 Å². The lowest BCUT2D eigenvalue weighted by Crippen LogP contribution is -2.55. The molecule has 1 aromatic carbocycles. The Balaban J connectivity index is 1.69. The molecule has 7 nitrogen and oxygen atoms in total. The van der Waals surface area contributed by atoms with Gasteiger partial charge in [0, 0.05) is 29.6 Å². The third kappa shape index (κ3) is 4.40. The standard InChI is InChI=1S/C19H24ClN3O4/c1-2-3-11-8-18(24)22-16-10-13(5-6-14(11)16)21-19(25)15-9-12(20)4-7-17(15)23(26)27/h4,7,9,11,13-14,16H,2-3,5-6,8,10H2,1H3,(H,21,25)(H,22,24). The number of benzene rings is 1. The lowest BCUT2D eigenvalue weighted by Gasteiger charge is -2.44. The van der Waals surface area contributed by atoms with Crippen molar-refractivity contribution in [1.82, 2.24) is 10.6 Å². The molecule has 27 heavy (non-hydrogen) atoms. The Morgan fingerprint density at radius 2 is 2.19 bits per heavy atom. The lowest BCUT2D eigenvalue weighted by atomic mass is 9.70. The van der Waals surface area contributed by atoms with E-state index in [0.717, 1.165) is 25.7 Å². The molecule has 0 radical (unpaired) electrons. The van der Waals surface area contributed by atoms with Gasteiger partial charge >= 0.3 is 0 Å². The van der Waals surface area contributed by atoms with Gasteiger partial charge < -0.3 is 10.6 Å². The Morgan fingerprint density at radius 3 is 2.89 bits per heavy atom. The van der Waals surface area contributed by atoms with E-state index in [-0.39, 0.29) is 34.3 Å². The van der Waals surface area contributed by atoms with Crippen molar-refractivity contribution in [3.05, 3.63) is 38.9 Å². The van der Waals surface area contributed by atoms with Crippen LogP contribution in [0.4, 0.5) is 5.69 Å². The summed E-state index contributed by atoms with van der Waals surface area (Å²) in [5.74, 6) is 0.419. The number of nitro benzene ring substituents is 1. The van der Waals surface area contributed by atoms with Crippen LogP contribution in [0.15, 0.2) is 18.2 Å². The quantitative estimate of drug-likeness (QED) is 0.590. The van der Waals surface area contributed by atoms with Crippen LogP contribution in [-0.2, 0) is 4.79 Å². The van der Waals surface area contributed by atoms with Gasteiger partial charge in [-0.05, 0) is 49.7 Å². The van der Waals surface area contributed by atoms with Gasteiger partial charge in [0.05, 0.1) is 4.92 Å². The average Bonchev–Trinajstić information content (AvgIpc) is 2.61. The molecule has 2 amide bonds. The third-order valence-electron chi connectivity index (χ3n) is 5.70. The molecule has 2 fully saturated rings. The minimum atomic E-state index is -0.584. The van der Waals surface area contributed by atoms with E-state index in [2.05, 4.69) is 17.6 Å². The summed E-state index contributed by atoms with van der Waals surface area (Å²) in [5.41, 5.74) is -0.300. The number of nitrogens with zero attached hydrogens (tertiary/aromatic N) is 1. The summed E-state index contributed by atoms with van der Waals surface area (Å²) in [6.07, 6.45) is 5.06. The second-order valence-electron chi connectivity index (χ2n) is 7.49. The summed E-state index contributed by atoms with van der Waals surface area (Å²) in [6, 6.07) is 3.88. The highest BCUT2D eigenvalue weighted by atomic mass is 35.5. The molecule has 146 valence electrons. The normalized spacial score (nSPS) is 27.4. The molecule has 3 rings (SSSR count). The first-order valence-corrected chi connectivity index (χ1v) is 9.81. The van der Waals surface area contributed by atoms with Crippen molar-refractivity contribution in [2.75, 3.05) is 0 Å². The SMILES string of the molecule is CCCC1CC(=O)NC2CC(NC(=O)c3cc(Cl)ccc3[N+](=O)[O-])CCC12. The summed E-state index contributed by atoms with van der Waals surface area (Å²) in [5, 5.41) is 17.4. The van der Waals surface area contributed by atoms with Crippen molar-refractivity contribution < 1.29 is 14.5 Å². The molecular formula is C19H24ClN3O4. The van der Waals surface area contributed by atoms with Gasteiger partial charge in [-0.1, -0.05) is 24.9 Å². The van der Waals surface area contributed by atoms with Gasteiger partial charge in [0.25, 0.3) is 11.6 Å². The zero-order valence-electron chi connectivity index (χ0n) is 15.2. The van der Waals surface area contributed by atoms with E-state index in [4.69, 9.17) is 11.6 Å². The molecule has 8 heteroatoms. The van der Waals surface area contributed by atoms with Crippen molar-refractivity contribution in [2.45, 2.75) is 57.5 Å². The van der Waals surface area contributed by atoms with Crippen LogP contribution >= 0.6 is 11.6 Å². The Kier molecular flexibility index (Phi) is 5.99. The minimum absolute atomic E-state index is 0.0360. The van der Waals surface area contributed by atoms with Crippen LogP contribution in [0.5, 0.6) is 0 Å². The number of carbonyl (C=O) groups is 2. The minimum Gasteiger partial charge on any atom is -0.353 e. The summed E-state index contributed by atoms with van der Waals surface area (Å²) < 4.78 is 0. The fourth-order valence-electron chi connectivity index (χ4n) is 4.51. The topological polar surface area (TPSA) is 101 Å². The maximum Gasteiger partial charge on any atom is 0.282 e. The first-order valence-electron chi connectivity index (χ1n) is 9.43. The average molecular weight is 394 g/mol. The van der Waals surface area contributed by atoms with Crippen LogP contribution in [0.25, 0.3) is 0 Å². The van der Waals surface area contributed by atoms with Gasteiger partial charge in [0.2, 0.25) is 5.91 Å². The van der Waals surface area contributed by atoms with E-state index in [1.807, 2.05) is 0 Å². The fraction of sp³-hybridized carbons (Fsp3) is 0.579. The molecule has 1 saturated carbocycles. The Hall–Kier alpha value is -2.15. The van der Waals surface area contributed by atoms with Gasteiger partial charge in [-0.2, -0.15) is 0 Å². The van der Waals surface area contributed by atoms with E-state index in [1.54, 1.807) is 0 Å². The molecule has 2 N–H and O–H groups in total. The number of carbonyl (C=O) groups excluding carboxylic acids is 2. The van der Waals surface area contributed by atoms with Gasteiger partial charge in [0.1, 0.15) is 5.56 Å². The van der Waals surface area contributed by atoms with Crippen LogP contribution in [0.3, 0.4) is 0 Å². The largest absolute Gasteiger partial charge is 0.353 e. The number of piperidine rings is 1. The summed E-state index contributed by atoms with van der Waals surface area (Å²) in [4.78, 5) is 35.2. The summed E-state index contributed by atoms with van der Waals surface area (Å²) in [6.45, 7) is 2.13. The second-order valence-corrected chi connectivity index (χ2v) is 7.93. The van der Waals surface area contributed by atoms with E-state index in [9.17, 15) is 19.7 Å². The smallest absolute Gasteiger partial charge is 0.282 e. The molecule has 0 aromatic heterocycles. The highest BCUT2D eigenvalue weighted by molar-refractivity contribution is 6.31. The zero-order chi connectivity index (χ0) is 19.6. The van der Waals surface area contributed by atoms with E-state index in [0.29, 0.717) is 24.7 Å². The number of hydrogen-bond acceptors (Lipinski definition) is 4. The molecule has 1 aromatic rings. The van der Waals surface area contributed by atoms with Crippen LogP contribution in [0, 0.1) is 22.0 Å². The number of nitro groups is 1. The molecule has 2 aliphatic rings. The fourth-order valence-corrected chi connectivity index (χ4v) is 4.68. The lowest BCUT2D eigenvalue weighted by molar-refractivity contribution is -0.385. The summed E-state index contributed by atoms with van der Waals surface area (Å²) in [7, 11) is 0. The Labute approximate surface area is 163 Å². The Bertz CT molecular complexity index is 754. The number of fused-ring (bicyclic) bond motifs is 1. The highest BCUT2D eigenvalue weighted by Crippen LogP contribution is 2.37. The zero-order valence-corrected chi connectivity index (χ0v) is 16.0. The predicted octanol–water partition coefficient (Wildman–Crippen LogP) is 3.45. The first-order chi connectivity index (χ1) is 12.9.